The maximum atomic E-state index is 11.7. The quantitative estimate of drug-likeness (QED) is 0.858. The van der Waals surface area contributed by atoms with Crippen molar-refractivity contribution in [2.45, 2.75) is 0 Å². The molecule has 118 valence electrons. The fraction of sp³-hybridized carbons (Fsp3) is 0.200. The van der Waals surface area contributed by atoms with Crippen LogP contribution in [0.1, 0.15) is 0 Å². The average Bonchev–Trinajstić information content (AvgIpc) is 2.49. The highest BCUT2D eigenvalue weighted by atomic mass is 32.2. The van der Waals surface area contributed by atoms with Crippen molar-refractivity contribution in [3.8, 4) is 5.75 Å². The Morgan fingerprint density at radius 2 is 1.59 bits per heavy atom. The lowest BCUT2D eigenvalue weighted by atomic mass is 10.2. The number of anilines is 3. The lowest BCUT2D eigenvalue weighted by Gasteiger charge is -2.14. The number of hydrogen-bond acceptors (Lipinski definition) is 4. The van der Waals surface area contributed by atoms with Crippen molar-refractivity contribution in [3.05, 3.63) is 48.5 Å². The second-order valence-corrected chi connectivity index (χ2v) is 6.71. The van der Waals surface area contributed by atoms with Crippen LogP contribution in [0.25, 0.3) is 0 Å². The van der Waals surface area contributed by atoms with Crippen LogP contribution in [0.3, 0.4) is 0 Å². The number of nitrogens with one attached hydrogen (secondary N) is 2. The number of rotatable bonds is 6. The van der Waals surface area contributed by atoms with E-state index < -0.39 is 10.2 Å². The van der Waals surface area contributed by atoms with E-state index in [1.54, 1.807) is 31.4 Å². The highest BCUT2D eigenvalue weighted by molar-refractivity contribution is 7.90. The zero-order valence-corrected chi connectivity index (χ0v) is 13.5. The van der Waals surface area contributed by atoms with Crippen LogP contribution in [0, 0.1) is 0 Å². The van der Waals surface area contributed by atoms with Crippen LogP contribution in [0.5, 0.6) is 5.75 Å². The Morgan fingerprint density at radius 1 is 0.955 bits per heavy atom. The van der Waals surface area contributed by atoms with E-state index in [2.05, 4.69) is 10.0 Å². The summed E-state index contributed by atoms with van der Waals surface area (Å²) in [5.41, 5.74) is 2.24. The van der Waals surface area contributed by atoms with Crippen LogP contribution in [-0.4, -0.2) is 33.9 Å². The second-order valence-electron chi connectivity index (χ2n) is 4.82. The van der Waals surface area contributed by atoms with Gasteiger partial charge in [0, 0.05) is 37.2 Å². The van der Waals surface area contributed by atoms with Crippen molar-refractivity contribution in [2.24, 2.45) is 0 Å². The van der Waals surface area contributed by atoms with Crippen molar-refractivity contribution in [3.63, 3.8) is 0 Å². The van der Waals surface area contributed by atoms with Gasteiger partial charge in [-0.1, -0.05) is 6.07 Å². The Morgan fingerprint density at radius 3 is 2.18 bits per heavy atom. The monoisotopic (exact) mass is 321 g/mol. The molecule has 0 bridgehead atoms. The van der Waals surface area contributed by atoms with E-state index >= 15 is 0 Å². The molecule has 0 heterocycles. The van der Waals surface area contributed by atoms with E-state index in [4.69, 9.17) is 4.74 Å². The molecule has 0 radical (unpaired) electrons. The van der Waals surface area contributed by atoms with Crippen molar-refractivity contribution >= 4 is 27.3 Å². The Kier molecular flexibility index (Phi) is 4.89. The molecule has 0 aromatic heterocycles. The maximum Gasteiger partial charge on any atom is 0.301 e. The SMILES string of the molecule is COc1cccc(Nc2ccc(NS(=O)(=O)N(C)C)cc2)c1. The zero-order valence-electron chi connectivity index (χ0n) is 12.7. The van der Waals surface area contributed by atoms with Gasteiger partial charge in [0.05, 0.1) is 7.11 Å². The van der Waals surface area contributed by atoms with Crippen molar-refractivity contribution in [2.75, 3.05) is 31.2 Å². The van der Waals surface area contributed by atoms with Gasteiger partial charge in [-0.05, 0) is 36.4 Å². The summed E-state index contributed by atoms with van der Waals surface area (Å²) >= 11 is 0. The molecular weight excluding hydrogens is 302 g/mol. The van der Waals surface area contributed by atoms with E-state index in [1.807, 2.05) is 24.3 Å². The number of methoxy groups -OCH3 is 1. The first kappa shape index (κ1) is 16.1. The molecule has 0 aliphatic carbocycles. The number of hydrogen-bond donors (Lipinski definition) is 2. The predicted molar refractivity (Wildman–Crippen MR) is 88.9 cm³/mol. The summed E-state index contributed by atoms with van der Waals surface area (Å²) in [6.07, 6.45) is 0. The summed E-state index contributed by atoms with van der Waals surface area (Å²) < 4.78 is 32.2. The molecule has 0 saturated heterocycles. The Labute approximate surface area is 130 Å². The summed E-state index contributed by atoms with van der Waals surface area (Å²) in [6, 6.07) is 14.5. The number of benzene rings is 2. The fourth-order valence-electron chi connectivity index (χ4n) is 1.73. The van der Waals surface area contributed by atoms with Gasteiger partial charge in [0.1, 0.15) is 5.75 Å². The van der Waals surface area contributed by atoms with Crippen LogP contribution < -0.4 is 14.8 Å². The summed E-state index contributed by atoms with van der Waals surface area (Å²) in [6.45, 7) is 0. The predicted octanol–water partition coefficient (Wildman–Crippen LogP) is 2.66. The Hall–Kier alpha value is -2.25. The summed E-state index contributed by atoms with van der Waals surface area (Å²) in [5, 5.41) is 3.22. The lowest BCUT2D eigenvalue weighted by molar-refractivity contribution is 0.415. The molecule has 7 heteroatoms. The van der Waals surface area contributed by atoms with Gasteiger partial charge in [-0.2, -0.15) is 12.7 Å². The molecule has 6 nitrogen and oxygen atoms in total. The molecule has 2 rings (SSSR count). The van der Waals surface area contributed by atoms with Crippen molar-refractivity contribution in [1.29, 1.82) is 0 Å². The van der Waals surface area contributed by atoms with E-state index in [-0.39, 0.29) is 0 Å². The molecule has 0 unspecified atom stereocenters. The van der Waals surface area contributed by atoms with Gasteiger partial charge in [-0.25, -0.2) is 0 Å². The van der Waals surface area contributed by atoms with E-state index in [0.717, 1.165) is 21.4 Å². The molecule has 0 atom stereocenters. The van der Waals surface area contributed by atoms with Crippen LogP contribution in [0.4, 0.5) is 17.1 Å². The first-order valence-electron chi connectivity index (χ1n) is 6.62. The van der Waals surface area contributed by atoms with E-state index in [1.165, 1.54) is 14.1 Å². The Bertz CT molecular complexity index is 728. The van der Waals surface area contributed by atoms with Crippen molar-refractivity contribution in [1.82, 2.24) is 4.31 Å². The summed E-state index contributed by atoms with van der Waals surface area (Å²) in [5.74, 6) is 0.764. The second kappa shape index (κ2) is 6.67. The van der Waals surface area contributed by atoms with Gasteiger partial charge in [-0.15, -0.1) is 0 Å². The average molecular weight is 321 g/mol. The molecule has 2 aromatic carbocycles. The minimum atomic E-state index is -3.49. The molecule has 2 N–H and O–H groups in total. The molecule has 2 aromatic rings. The van der Waals surface area contributed by atoms with Crippen LogP contribution in [0.2, 0.25) is 0 Å². The normalized spacial score (nSPS) is 11.3. The van der Waals surface area contributed by atoms with E-state index in [0.29, 0.717) is 5.69 Å². The third-order valence-electron chi connectivity index (χ3n) is 2.97. The molecular formula is C15H19N3O3S. The lowest BCUT2D eigenvalue weighted by Crippen LogP contribution is -2.28. The molecule has 0 aliphatic rings. The third-order valence-corrected chi connectivity index (χ3v) is 4.43. The maximum absolute atomic E-state index is 11.7. The summed E-state index contributed by atoms with van der Waals surface area (Å²) in [4.78, 5) is 0. The van der Waals surface area contributed by atoms with E-state index in [9.17, 15) is 8.42 Å². The Balaban J connectivity index is 2.09. The van der Waals surface area contributed by atoms with Gasteiger partial charge >= 0.3 is 10.2 Å². The number of nitrogens with zero attached hydrogens (tertiary/aromatic N) is 1. The first-order valence-corrected chi connectivity index (χ1v) is 8.06. The molecule has 0 amide bonds. The smallest absolute Gasteiger partial charge is 0.301 e. The first-order chi connectivity index (χ1) is 10.4. The standard InChI is InChI=1S/C15H19N3O3S/c1-18(2)22(19,20)17-13-9-7-12(8-10-13)16-14-5-4-6-15(11-14)21-3/h4-11,16-17H,1-3H3. The molecule has 0 fully saturated rings. The summed E-state index contributed by atoms with van der Waals surface area (Å²) in [7, 11) is 1.08. The van der Waals surface area contributed by atoms with Gasteiger partial charge in [0.25, 0.3) is 0 Å². The zero-order chi connectivity index (χ0) is 16.2. The van der Waals surface area contributed by atoms with Gasteiger partial charge in [-0.3, -0.25) is 4.72 Å². The highest BCUT2D eigenvalue weighted by Crippen LogP contribution is 2.22. The largest absolute Gasteiger partial charge is 0.497 e. The molecule has 0 aliphatic heterocycles. The molecule has 22 heavy (non-hydrogen) atoms. The minimum absolute atomic E-state index is 0.505. The van der Waals surface area contributed by atoms with Gasteiger partial charge in [0.15, 0.2) is 0 Å². The molecule has 0 spiro atoms. The van der Waals surface area contributed by atoms with Gasteiger partial charge in [0.2, 0.25) is 0 Å². The molecule has 0 saturated carbocycles. The van der Waals surface area contributed by atoms with Gasteiger partial charge < -0.3 is 10.1 Å². The number of ether oxygens (including phenoxy) is 1. The minimum Gasteiger partial charge on any atom is -0.497 e. The topological polar surface area (TPSA) is 70.7 Å². The fourth-order valence-corrected chi connectivity index (χ4v) is 2.35. The highest BCUT2D eigenvalue weighted by Gasteiger charge is 2.12. The third kappa shape index (κ3) is 4.12. The van der Waals surface area contributed by atoms with Crippen LogP contribution >= 0.6 is 0 Å². The van der Waals surface area contributed by atoms with Crippen LogP contribution in [-0.2, 0) is 10.2 Å². The van der Waals surface area contributed by atoms with Crippen LogP contribution in [0.15, 0.2) is 48.5 Å². The van der Waals surface area contributed by atoms with Crippen molar-refractivity contribution < 1.29 is 13.2 Å².